The first kappa shape index (κ1) is 20.9. The van der Waals surface area contributed by atoms with Crippen molar-refractivity contribution in [3.8, 4) is 0 Å². The number of carbonyl (C=O) groups excluding carboxylic acids is 1. The van der Waals surface area contributed by atoms with E-state index in [2.05, 4.69) is 57.3 Å². The first-order chi connectivity index (χ1) is 13.9. The first-order valence-corrected chi connectivity index (χ1v) is 10.4. The second-order valence-electron chi connectivity index (χ2n) is 8.61. The number of carbonyl (C=O) groups is 1. The maximum atomic E-state index is 13.0. The quantitative estimate of drug-likeness (QED) is 0.445. The third-order valence-electron chi connectivity index (χ3n) is 5.37. The summed E-state index contributed by atoms with van der Waals surface area (Å²) in [7, 11) is 0. The Bertz CT molecular complexity index is 919. The summed E-state index contributed by atoms with van der Waals surface area (Å²) in [6.45, 7) is 8.76. The molecular formula is C27H31NO. The lowest BCUT2D eigenvalue weighted by Gasteiger charge is -2.23. The van der Waals surface area contributed by atoms with Crippen molar-refractivity contribution in [3.63, 3.8) is 0 Å². The van der Waals surface area contributed by atoms with Gasteiger partial charge in [-0.25, -0.2) is 0 Å². The summed E-state index contributed by atoms with van der Waals surface area (Å²) in [6.07, 6.45) is 1.39. The van der Waals surface area contributed by atoms with Crippen molar-refractivity contribution >= 4 is 11.5 Å². The SMILES string of the molecule is CCc1ccc(C(=O)C[C@@H](Nc2ccccc2)c2ccc(C(C)(C)C)cc2)cc1. The lowest BCUT2D eigenvalue weighted by molar-refractivity contribution is 0.0976. The molecule has 1 N–H and O–H groups in total. The van der Waals surface area contributed by atoms with Gasteiger partial charge in [0.2, 0.25) is 0 Å². The fraction of sp³-hybridized carbons (Fsp3) is 0.296. The van der Waals surface area contributed by atoms with E-state index in [-0.39, 0.29) is 17.2 Å². The molecule has 0 bridgehead atoms. The van der Waals surface area contributed by atoms with Crippen LogP contribution in [0.5, 0.6) is 0 Å². The number of hydrogen-bond donors (Lipinski definition) is 1. The van der Waals surface area contributed by atoms with Crippen LogP contribution in [0, 0.1) is 0 Å². The average molecular weight is 386 g/mol. The maximum absolute atomic E-state index is 13.0. The summed E-state index contributed by atoms with van der Waals surface area (Å²) < 4.78 is 0. The fourth-order valence-electron chi connectivity index (χ4n) is 3.43. The molecule has 2 nitrogen and oxygen atoms in total. The van der Waals surface area contributed by atoms with Crippen LogP contribution in [-0.4, -0.2) is 5.78 Å². The smallest absolute Gasteiger partial charge is 0.165 e. The molecule has 0 spiro atoms. The van der Waals surface area contributed by atoms with Crippen molar-refractivity contribution in [1.82, 2.24) is 0 Å². The Labute approximate surface area is 175 Å². The Balaban J connectivity index is 1.85. The zero-order valence-electron chi connectivity index (χ0n) is 17.9. The number of anilines is 1. The van der Waals surface area contributed by atoms with Gasteiger partial charge in [-0.2, -0.15) is 0 Å². The highest BCUT2D eigenvalue weighted by atomic mass is 16.1. The molecule has 0 heterocycles. The third-order valence-corrected chi connectivity index (χ3v) is 5.37. The molecule has 0 saturated carbocycles. The zero-order chi connectivity index (χ0) is 20.9. The number of Topliss-reactive ketones (excluding diaryl/α,β-unsaturated/α-hetero) is 1. The van der Waals surface area contributed by atoms with Crippen LogP contribution >= 0.6 is 0 Å². The van der Waals surface area contributed by atoms with Crippen molar-refractivity contribution < 1.29 is 4.79 Å². The topological polar surface area (TPSA) is 29.1 Å². The lowest BCUT2D eigenvalue weighted by atomic mass is 9.86. The highest BCUT2D eigenvalue weighted by molar-refractivity contribution is 5.96. The van der Waals surface area contributed by atoms with Gasteiger partial charge in [0.05, 0.1) is 6.04 Å². The van der Waals surface area contributed by atoms with Gasteiger partial charge in [-0.05, 0) is 40.7 Å². The third kappa shape index (κ3) is 5.57. The number of benzene rings is 3. The predicted molar refractivity (Wildman–Crippen MR) is 123 cm³/mol. The van der Waals surface area contributed by atoms with Gasteiger partial charge >= 0.3 is 0 Å². The molecule has 3 aromatic carbocycles. The lowest BCUT2D eigenvalue weighted by Crippen LogP contribution is -2.17. The van der Waals surface area contributed by atoms with Crippen molar-refractivity contribution in [2.24, 2.45) is 0 Å². The minimum atomic E-state index is -0.0789. The van der Waals surface area contributed by atoms with Gasteiger partial charge in [-0.3, -0.25) is 4.79 Å². The van der Waals surface area contributed by atoms with Gasteiger partial charge in [0.25, 0.3) is 0 Å². The first-order valence-electron chi connectivity index (χ1n) is 10.4. The van der Waals surface area contributed by atoms with Gasteiger partial charge in [-0.15, -0.1) is 0 Å². The molecule has 0 aliphatic rings. The van der Waals surface area contributed by atoms with E-state index in [1.807, 2.05) is 54.6 Å². The summed E-state index contributed by atoms with van der Waals surface area (Å²) in [5, 5.41) is 3.56. The number of rotatable bonds is 7. The van der Waals surface area contributed by atoms with Gasteiger partial charge in [0, 0.05) is 17.7 Å². The van der Waals surface area contributed by atoms with E-state index in [9.17, 15) is 4.79 Å². The molecular weight excluding hydrogens is 354 g/mol. The van der Waals surface area contributed by atoms with E-state index < -0.39 is 0 Å². The molecule has 0 amide bonds. The van der Waals surface area contributed by atoms with E-state index in [4.69, 9.17) is 0 Å². The molecule has 3 rings (SSSR count). The molecule has 1 atom stereocenters. The number of aryl methyl sites for hydroxylation is 1. The van der Waals surface area contributed by atoms with Crippen LogP contribution in [0.25, 0.3) is 0 Å². The molecule has 0 radical (unpaired) electrons. The van der Waals surface area contributed by atoms with Gasteiger partial charge in [0.15, 0.2) is 5.78 Å². The van der Waals surface area contributed by atoms with Crippen molar-refractivity contribution in [3.05, 3.63) is 101 Å². The molecule has 0 aliphatic heterocycles. The van der Waals surface area contributed by atoms with E-state index in [1.54, 1.807) is 0 Å². The number of nitrogens with one attached hydrogen (secondary N) is 1. The summed E-state index contributed by atoms with van der Waals surface area (Å²) in [5.74, 6) is 0.154. The Hall–Kier alpha value is -2.87. The largest absolute Gasteiger partial charge is 0.378 e. The van der Waals surface area contributed by atoms with Crippen molar-refractivity contribution in [1.29, 1.82) is 0 Å². The van der Waals surface area contributed by atoms with Crippen molar-refractivity contribution in [2.75, 3.05) is 5.32 Å². The van der Waals surface area contributed by atoms with E-state index >= 15 is 0 Å². The van der Waals surface area contributed by atoms with E-state index in [1.165, 1.54) is 11.1 Å². The summed E-state index contributed by atoms with van der Waals surface area (Å²) in [5.41, 5.74) is 5.57. The molecule has 3 aromatic rings. The number of para-hydroxylation sites is 1. The van der Waals surface area contributed by atoms with Gasteiger partial charge in [-0.1, -0.05) is 94.4 Å². The molecule has 0 saturated heterocycles. The minimum Gasteiger partial charge on any atom is -0.378 e. The molecule has 0 aromatic heterocycles. The Kier molecular flexibility index (Phi) is 6.53. The average Bonchev–Trinajstić information content (AvgIpc) is 2.73. The summed E-state index contributed by atoms with van der Waals surface area (Å²) in [6, 6.07) is 26.6. The van der Waals surface area contributed by atoms with Gasteiger partial charge < -0.3 is 5.32 Å². The number of ketones is 1. The molecule has 2 heteroatoms. The summed E-state index contributed by atoms with van der Waals surface area (Å²) >= 11 is 0. The molecule has 0 fully saturated rings. The Morgan fingerprint density at radius 3 is 2.03 bits per heavy atom. The van der Waals surface area contributed by atoms with Crippen LogP contribution in [0.15, 0.2) is 78.9 Å². The van der Waals surface area contributed by atoms with Crippen LogP contribution in [0.3, 0.4) is 0 Å². The molecule has 0 unspecified atom stereocenters. The Morgan fingerprint density at radius 2 is 1.48 bits per heavy atom. The normalized spacial score (nSPS) is 12.4. The second kappa shape index (κ2) is 9.09. The molecule has 0 aliphatic carbocycles. The van der Waals surface area contributed by atoms with E-state index in [0.29, 0.717) is 6.42 Å². The van der Waals surface area contributed by atoms with Crippen LogP contribution in [0.4, 0.5) is 5.69 Å². The monoisotopic (exact) mass is 385 g/mol. The molecule has 150 valence electrons. The van der Waals surface area contributed by atoms with Crippen LogP contribution < -0.4 is 5.32 Å². The molecule has 29 heavy (non-hydrogen) atoms. The Morgan fingerprint density at radius 1 is 0.862 bits per heavy atom. The standard InChI is InChI=1S/C27H31NO/c1-5-20-11-13-22(14-12-20)26(29)19-25(28-24-9-7-6-8-10-24)21-15-17-23(18-16-21)27(2,3)4/h6-18,25,28H,5,19H2,1-4H3/t25-/m1/s1. The predicted octanol–water partition coefficient (Wildman–Crippen LogP) is 6.97. The highest BCUT2D eigenvalue weighted by Crippen LogP contribution is 2.28. The van der Waals surface area contributed by atoms with Gasteiger partial charge in [0.1, 0.15) is 0 Å². The maximum Gasteiger partial charge on any atom is 0.165 e. The minimum absolute atomic E-state index is 0.0789. The van der Waals surface area contributed by atoms with Crippen LogP contribution in [-0.2, 0) is 11.8 Å². The number of hydrogen-bond acceptors (Lipinski definition) is 2. The van der Waals surface area contributed by atoms with Crippen LogP contribution in [0.2, 0.25) is 0 Å². The zero-order valence-corrected chi connectivity index (χ0v) is 17.9. The summed E-state index contributed by atoms with van der Waals surface area (Å²) in [4.78, 5) is 13.0. The van der Waals surface area contributed by atoms with E-state index in [0.717, 1.165) is 23.2 Å². The van der Waals surface area contributed by atoms with Crippen molar-refractivity contribution in [2.45, 2.75) is 52.0 Å². The highest BCUT2D eigenvalue weighted by Gasteiger charge is 2.19. The fourth-order valence-corrected chi connectivity index (χ4v) is 3.43. The second-order valence-corrected chi connectivity index (χ2v) is 8.61. The van der Waals surface area contributed by atoms with Crippen LogP contribution in [0.1, 0.15) is 67.2 Å².